The molecule has 10 nitrogen and oxygen atoms in total. The van der Waals surface area contributed by atoms with Crippen LogP contribution in [-0.2, 0) is 23.7 Å². The van der Waals surface area contributed by atoms with Gasteiger partial charge >= 0.3 is 5.97 Å². The lowest BCUT2D eigenvalue weighted by Gasteiger charge is -2.70. The fourth-order valence-electron chi connectivity index (χ4n) is 11.5. The number of para-hydroxylation sites is 1. The number of nitrogens with zero attached hydrogens (tertiary/aromatic N) is 1. The number of ether oxygens (including phenoxy) is 4. The molecule has 0 unspecified atom stereocenters. The SMILES string of the molecule is CO[C@H]1C[C@]2(O)[C@H]3C[C@@H]4[C@@]5(OC(=O)c6ccccc6NC(C)=O)CC[C@H](OC)[C@@]4([C@@H]3N(C)C5)[C@@H]3C[C@H]1[C@H](OC)[C@@]32O. The summed E-state index contributed by atoms with van der Waals surface area (Å²) in [4.78, 5) is 28.1. The lowest BCUT2D eigenvalue weighted by atomic mass is 9.44. The number of amides is 1. The minimum atomic E-state index is -1.47. The first-order valence-corrected chi connectivity index (χ1v) is 14.9. The molecule has 6 fully saturated rings. The van der Waals surface area contributed by atoms with E-state index in [1.54, 1.807) is 45.6 Å². The lowest BCUT2D eigenvalue weighted by molar-refractivity contribution is -0.336. The topological polar surface area (TPSA) is 127 Å². The van der Waals surface area contributed by atoms with E-state index >= 15 is 0 Å². The largest absolute Gasteiger partial charge is 0.454 e. The fourth-order valence-corrected chi connectivity index (χ4v) is 11.5. The second-order valence-corrected chi connectivity index (χ2v) is 13.5. The van der Waals surface area contributed by atoms with Gasteiger partial charge in [0, 0.05) is 76.3 Å². The van der Waals surface area contributed by atoms with E-state index < -0.39 is 34.3 Å². The number of carbonyl (C=O) groups is 2. The van der Waals surface area contributed by atoms with Crippen molar-refractivity contribution in [2.45, 2.75) is 80.2 Å². The number of rotatable bonds is 6. The number of benzene rings is 1. The first-order valence-electron chi connectivity index (χ1n) is 14.9. The van der Waals surface area contributed by atoms with Gasteiger partial charge in [-0.05, 0) is 44.9 Å². The van der Waals surface area contributed by atoms with Crippen LogP contribution in [0.5, 0.6) is 0 Å². The fraction of sp³-hybridized carbons (Fsp3) is 0.742. The van der Waals surface area contributed by atoms with Crippen LogP contribution >= 0.6 is 0 Å². The summed E-state index contributed by atoms with van der Waals surface area (Å²) in [6.45, 7) is 1.94. The molecule has 0 aromatic heterocycles. The molecule has 1 heterocycles. The molecule has 1 aliphatic heterocycles. The molecule has 7 rings (SSSR count). The third-order valence-corrected chi connectivity index (χ3v) is 12.4. The number of esters is 1. The average molecular weight is 571 g/mol. The molecular weight excluding hydrogens is 528 g/mol. The van der Waals surface area contributed by atoms with Crippen LogP contribution in [0, 0.1) is 29.1 Å². The van der Waals surface area contributed by atoms with Crippen LogP contribution in [0.25, 0.3) is 0 Å². The summed E-state index contributed by atoms with van der Waals surface area (Å²) in [5.74, 6) is -1.56. The van der Waals surface area contributed by atoms with Gasteiger partial charge in [-0.1, -0.05) is 12.1 Å². The predicted molar refractivity (Wildman–Crippen MR) is 147 cm³/mol. The number of methoxy groups -OCH3 is 3. The second kappa shape index (κ2) is 8.97. The Kier molecular flexibility index (Phi) is 6.07. The Bertz CT molecular complexity index is 1280. The zero-order valence-electron chi connectivity index (χ0n) is 24.5. The molecule has 1 aromatic rings. The van der Waals surface area contributed by atoms with Crippen molar-refractivity contribution in [2.24, 2.45) is 29.1 Å². The normalized spacial score (nSPS) is 49.0. The number of likely N-dealkylation sites (tertiary alicyclic amines) is 1. The summed E-state index contributed by atoms with van der Waals surface area (Å²) in [6.07, 6.45) is 1.88. The van der Waals surface area contributed by atoms with Crippen molar-refractivity contribution in [1.82, 2.24) is 4.90 Å². The van der Waals surface area contributed by atoms with Gasteiger partial charge in [-0.15, -0.1) is 0 Å². The number of nitrogens with one attached hydrogen (secondary N) is 1. The summed E-state index contributed by atoms with van der Waals surface area (Å²) in [6, 6.07) is 6.85. The summed E-state index contributed by atoms with van der Waals surface area (Å²) < 4.78 is 24.9. The molecule has 6 aliphatic rings. The van der Waals surface area contributed by atoms with E-state index in [1.165, 1.54) is 6.92 Å². The van der Waals surface area contributed by atoms with Gasteiger partial charge in [-0.3, -0.25) is 9.69 Å². The van der Waals surface area contributed by atoms with Crippen molar-refractivity contribution in [3.8, 4) is 0 Å². The molecule has 1 aromatic carbocycles. The molecule has 0 radical (unpaired) electrons. The third kappa shape index (κ3) is 3.14. The van der Waals surface area contributed by atoms with Gasteiger partial charge in [0.05, 0.1) is 29.6 Å². The highest BCUT2D eigenvalue weighted by Gasteiger charge is 2.89. The zero-order valence-corrected chi connectivity index (χ0v) is 24.5. The van der Waals surface area contributed by atoms with E-state index in [0.29, 0.717) is 49.9 Å². The molecule has 1 saturated heterocycles. The van der Waals surface area contributed by atoms with Gasteiger partial charge < -0.3 is 34.5 Å². The van der Waals surface area contributed by atoms with Gasteiger partial charge in [0.15, 0.2) is 0 Å². The molecule has 3 N–H and O–H groups in total. The molecule has 5 saturated carbocycles. The monoisotopic (exact) mass is 570 g/mol. The van der Waals surface area contributed by atoms with Crippen LogP contribution in [0.4, 0.5) is 5.69 Å². The number of hydrogen-bond acceptors (Lipinski definition) is 9. The maximum Gasteiger partial charge on any atom is 0.340 e. The summed E-state index contributed by atoms with van der Waals surface area (Å²) in [7, 11) is 7.08. The van der Waals surface area contributed by atoms with Crippen molar-refractivity contribution in [3.63, 3.8) is 0 Å². The average Bonchev–Trinajstić information content (AvgIpc) is 3.38. The molecule has 10 heteroatoms. The van der Waals surface area contributed by atoms with Crippen molar-refractivity contribution in [2.75, 3.05) is 40.2 Å². The Morgan fingerprint density at radius 1 is 1.05 bits per heavy atom. The van der Waals surface area contributed by atoms with E-state index in [4.69, 9.17) is 18.9 Å². The van der Waals surface area contributed by atoms with Crippen LogP contribution in [0.2, 0.25) is 0 Å². The second-order valence-electron chi connectivity index (χ2n) is 13.5. The number of aliphatic hydroxyl groups is 2. The summed E-state index contributed by atoms with van der Waals surface area (Å²) >= 11 is 0. The molecule has 5 aliphatic carbocycles. The van der Waals surface area contributed by atoms with Crippen molar-refractivity contribution in [1.29, 1.82) is 0 Å². The highest BCUT2D eigenvalue weighted by molar-refractivity contribution is 6.00. The van der Waals surface area contributed by atoms with Crippen molar-refractivity contribution < 1.29 is 38.7 Å². The Hall–Kier alpha value is -2.08. The maximum absolute atomic E-state index is 13.9. The van der Waals surface area contributed by atoms with Gasteiger partial charge in [-0.2, -0.15) is 0 Å². The Morgan fingerprint density at radius 2 is 1.80 bits per heavy atom. The van der Waals surface area contributed by atoms with Crippen LogP contribution < -0.4 is 5.32 Å². The third-order valence-electron chi connectivity index (χ3n) is 12.4. The number of piperidine rings is 1. The van der Waals surface area contributed by atoms with Crippen LogP contribution in [0.15, 0.2) is 24.3 Å². The summed E-state index contributed by atoms with van der Waals surface area (Å²) in [5.41, 5.74) is -3.58. The van der Waals surface area contributed by atoms with Gasteiger partial charge in [0.1, 0.15) is 16.8 Å². The van der Waals surface area contributed by atoms with Crippen LogP contribution in [0.3, 0.4) is 0 Å². The molecule has 41 heavy (non-hydrogen) atoms. The standard InChI is InChI=1S/C31H42N2O8/c1-16(34)32-20-9-7-6-8-17(20)27(35)41-28-11-10-24(39-4)30-22(28)13-19(25(30)33(2)15-28)29(36)14-21(38-3)18-12-23(30)31(29,37)26(18)40-5/h6-9,18-19,21-26,36-37H,10-15H2,1-5H3,(H,32,34)/t18-,19+,21+,22-,23+,24+,25-,26+,28-,29+,30+,31+/m1/s1. The van der Waals surface area contributed by atoms with Crippen molar-refractivity contribution >= 4 is 17.6 Å². The number of likely N-dealkylation sites (N-methyl/N-ethyl adjacent to an activating group) is 1. The lowest BCUT2D eigenvalue weighted by Crippen LogP contribution is -2.82. The molecular formula is C31H42N2O8. The number of fused-ring (bicyclic) bond motifs is 2. The van der Waals surface area contributed by atoms with Gasteiger partial charge in [-0.25, -0.2) is 4.79 Å². The van der Waals surface area contributed by atoms with E-state index in [9.17, 15) is 19.8 Å². The van der Waals surface area contributed by atoms with Gasteiger partial charge in [0.25, 0.3) is 0 Å². The zero-order chi connectivity index (χ0) is 29.1. The van der Waals surface area contributed by atoms with Crippen molar-refractivity contribution in [3.05, 3.63) is 29.8 Å². The number of carbonyl (C=O) groups excluding carboxylic acids is 2. The highest BCUT2D eigenvalue weighted by atomic mass is 16.6. The molecule has 7 bridgehead atoms. The number of hydrogen-bond donors (Lipinski definition) is 3. The van der Waals surface area contributed by atoms with E-state index in [2.05, 4.69) is 17.3 Å². The Labute approximate surface area is 240 Å². The van der Waals surface area contributed by atoms with E-state index in [1.807, 2.05) is 0 Å². The quantitative estimate of drug-likeness (QED) is 0.439. The first kappa shape index (κ1) is 27.7. The van der Waals surface area contributed by atoms with E-state index in [-0.39, 0.29) is 47.8 Å². The Morgan fingerprint density at radius 3 is 2.49 bits per heavy atom. The molecule has 224 valence electrons. The smallest absolute Gasteiger partial charge is 0.340 e. The predicted octanol–water partition coefficient (Wildman–Crippen LogP) is 1.83. The van der Waals surface area contributed by atoms with E-state index in [0.717, 1.165) is 0 Å². The minimum absolute atomic E-state index is 0.0571. The highest BCUT2D eigenvalue weighted by Crippen LogP contribution is 2.79. The minimum Gasteiger partial charge on any atom is -0.454 e. The molecule has 1 amide bonds. The molecule has 1 spiro atoms. The van der Waals surface area contributed by atoms with Gasteiger partial charge in [0.2, 0.25) is 5.91 Å². The van der Waals surface area contributed by atoms with Crippen LogP contribution in [0.1, 0.15) is 49.4 Å². The summed E-state index contributed by atoms with van der Waals surface area (Å²) in [5, 5.41) is 28.3. The Balaban J connectivity index is 1.36. The molecule has 12 atom stereocenters. The van der Waals surface area contributed by atoms with Crippen LogP contribution in [-0.4, -0.2) is 103 Å². The number of anilines is 1. The maximum atomic E-state index is 13.9. The first-order chi connectivity index (χ1) is 19.5.